The quantitative estimate of drug-likeness (QED) is 0.583. The molecule has 0 radical (unpaired) electrons. The van der Waals surface area contributed by atoms with Crippen LogP contribution in [0.3, 0.4) is 0 Å². The minimum Gasteiger partial charge on any atom is -0.358 e. The summed E-state index contributed by atoms with van der Waals surface area (Å²) in [6, 6.07) is 0. The minimum atomic E-state index is -0.589. The maximum Gasteiger partial charge on any atom is 0.343 e. The van der Waals surface area contributed by atoms with Crippen molar-refractivity contribution in [3.05, 3.63) is 32.6 Å². The van der Waals surface area contributed by atoms with E-state index in [9.17, 15) is 20.2 Å². The van der Waals surface area contributed by atoms with Gasteiger partial charge in [0.25, 0.3) is 11.6 Å². The van der Waals surface area contributed by atoms with E-state index in [0.29, 0.717) is 0 Å². The second-order valence-electron chi connectivity index (χ2n) is 3.51. The summed E-state index contributed by atoms with van der Waals surface area (Å²) in [7, 11) is 2.89. The third-order valence-corrected chi connectivity index (χ3v) is 2.50. The number of hydrogen-bond donors (Lipinski definition) is 0. The molecule has 2 rings (SSSR count). The molecule has 10 nitrogen and oxygen atoms in total. The molecule has 2 aromatic rings. The van der Waals surface area contributed by atoms with Crippen molar-refractivity contribution in [2.45, 2.75) is 0 Å². The number of nitro groups is 2. The highest BCUT2D eigenvalue weighted by molar-refractivity contribution is 5.51. The van der Waals surface area contributed by atoms with Crippen LogP contribution in [0.5, 0.6) is 0 Å². The van der Waals surface area contributed by atoms with Gasteiger partial charge in [-0.05, 0) is 9.85 Å². The smallest absolute Gasteiger partial charge is 0.343 e. The molecule has 0 atom stereocenters. The average Bonchev–Trinajstić information content (AvgIpc) is 2.81. The molecule has 0 saturated carbocycles. The molecule has 0 aliphatic heterocycles. The number of aromatic nitrogens is 4. The summed E-state index contributed by atoms with van der Waals surface area (Å²) in [5, 5.41) is 21.3. The van der Waals surface area contributed by atoms with Crippen LogP contribution in [0.2, 0.25) is 0 Å². The molecule has 0 spiro atoms. The second kappa shape index (κ2) is 3.91. The lowest BCUT2D eigenvalue weighted by Crippen LogP contribution is -2.04. The first kappa shape index (κ1) is 11.7. The number of hydrogen-bond acceptors (Lipinski definition) is 6. The van der Waals surface area contributed by atoms with Gasteiger partial charge in [0.1, 0.15) is 12.4 Å². The first-order chi connectivity index (χ1) is 8.43. The lowest BCUT2D eigenvalue weighted by molar-refractivity contribution is -0.392. The van der Waals surface area contributed by atoms with E-state index < -0.39 is 9.85 Å². The lowest BCUT2D eigenvalue weighted by Gasteiger charge is -1.97. The Bertz CT molecular complexity index is 586. The van der Waals surface area contributed by atoms with Gasteiger partial charge in [0, 0.05) is 0 Å². The Morgan fingerprint density at radius 1 is 0.944 bits per heavy atom. The molecule has 0 unspecified atom stereocenters. The maximum atomic E-state index is 10.7. The Balaban J connectivity index is 2.56. The first-order valence-electron chi connectivity index (χ1n) is 4.76. The van der Waals surface area contributed by atoms with Crippen LogP contribution in [0.15, 0.2) is 12.4 Å². The second-order valence-corrected chi connectivity index (χ2v) is 3.51. The highest BCUT2D eigenvalue weighted by atomic mass is 16.6. The topological polar surface area (TPSA) is 122 Å². The van der Waals surface area contributed by atoms with Crippen LogP contribution < -0.4 is 0 Å². The minimum absolute atomic E-state index is 0.192. The third-order valence-electron chi connectivity index (χ3n) is 2.50. The molecule has 94 valence electrons. The summed E-state index contributed by atoms with van der Waals surface area (Å²) in [5.41, 5.74) is 0. The zero-order chi connectivity index (χ0) is 13.4. The molecule has 0 aromatic carbocycles. The predicted octanol–water partition coefficient (Wildman–Crippen LogP) is 0.637. The SMILES string of the molecule is Cn1c([N+](=O)[O-])cnc1-c1ncc([N+](=O)[O-])n1C. The predicted molar refractivity (Wildman–Crippen MR) is 58.7 cm³/mol. The van der Waals surface area contributed by atoms with E-state index >= 15 is 0 Å². The first-order valence-corrected chi connectivity index (χ1v) is 4.76. The Morgan fingerprint density at radius 3 is 1.50 bits per heavy atom. The number of nitrogens with zero attached hydrogens (tertiary/aromatic N) is 6. The Kier molecular flexibility index (Phi) is 2.54. The molecule has 0 aliphatic rings. The molecular formula is C8H8N6O4. The molecule has 0 aliphatic carbocycles. The fourth-order valence-corrected chi connectivity index (χ4v) is 1.56. The summed E-state index contributed by atoms with van der Waals surface area (Å²) >= 11 is 0. The standard InChI is InChI=1S/C8H8N6O4/c1-11-5(13(15)16)3-9-7(11)8-10-4-6(12(8)2)14(17)18/h3-4H,1-2H3. The van der Waals surface area contributed by atoms with Crippen molar-refractivity contribution in [3.8, 4) is 11.6 Å². The third kappa shape index (κ3) is 1.59. The van der Waals surface area contributed by atoms with Gasteiger partial charge in [-0.2, -0.15) is 0 Å². The van der Waals surface area contributed by atoms with Gasteiger partial charge in [0.15, 0.2) is 0 Å². The van der Waals surface area contributed by atoms with E-state index in [1.807, 2.05) is 0 Å². The van der Waals surface area contributed by atoms with E-state index in [1.165, 1.54) is 23.2 Å². The van der Waals surface area contributed by atoms with E-state index in [2.05, 4.69) is 9.97 Å². The van der Waals surface area contributed by atoms with Gasteiger partial charge in [-0.3, -0.25) is 0 Å². The average molecular weight is 252 g/mol. The monoisotopic (exact) mass is 252 g/mol. The molecular weight excluding hydrogens is 244 g/mol. The lowest BCUT2D eigenvalue weighted by atomic mass is 10.5. The van der Waals surface area contributed by atoms with E-state index in [0.717, 1.165) is 12.4 Å². The fourth-order valence-electron chi connectivity index (χ4n) is 1.56. The van der Waals surface area contributed by atoms with Crippen molar-refractivity contribution in [3.63, 3.8) is 0 Å². The van der Waals surface area contributed by atoms with Gasteiger partial charge in [-0.15, -0.1) is 0 Å². The van der Waals surface area contributed by atoms with Gasteiger partial charge in [-0.1, -0.05) is 0 Å². The summed E-state index contributed by atoms with van der Waals surface area (Å²) in [5.74, 6) is -0.0408. The van der Waals surface area contributed by atoms with Gasteiger partial charge >= 0.3 is 11.6 Å². The van der Waals surface area contributed by atoms with Gasteiger partial charge in [-0.25, -0.2) is 19.1 Å². The molecule has 0 amide bonds. The van der Waals surface area contributed by atoms with Crippen LogP contribution in [0, 0.1) is 20.2 Å². The van der Waals surface area contributed by atoms with E-state index in [-0.39, 0.29) is 23.3 Å². The van der Waals surface area contributed by atoms with Crippen molar-refractivity contribution >= 4 is 11.6 Å². The summed E-state index contributed by atoms with van der Waals surface area (Å²) in [4.78, 5) is 27.9. The Labute approximate surface area is 99.8 Å². The Hall–Kier alpha value is -2.78. The van der Waals surface area contributed by atoms with Crippen LogP contribution in [0.4, 0.5) is 11.6 Å². The fraction of sp³-hybridized carbons (Fsp3) is 0.250. The normalized spacial score (nSPS) is 10.6. The molecule has 2 aromatic heterocycles. The van der Waals surface area contributed by atoms with Crippen molar-refractivity contribution < 1.29 is 9.85 Å². The van der Waals surface area contributed by atoms with Gasteiger partial charge in [0.2, 0.25) is 0 Å². The molecule has 18 heavy (non-hydrogen) atoms. The van der Waals surface area contributed by atoms with Crippen molar-refractivity contribution in [2.24, 2.45) is 14.1 Å². The van der Waals surface area contributed by atoms with Gasteiger partial charge in [0.05, 0.1) is 14.1 Å². The summed E-state index contributed by atoms with van der Waals surface area (Å²) in [6.45, 7) is 0. The van der Waals surface area contributed by atoms with Crippen LogP contribution in [-0.2, 0) is 14.1 Å². The van der Waals surface area contributed by atoms with Crippen LogP contribution in [0.1, 0.15) is 0 Å². The van der Waals surface area contributed by atoms with Crippen LogP contribution in [0.25, 0.3) is 11.6 Å². The van der Waals surface area contributed by atoms with Crippen LogP contribution >= 0.6 is 0 Å². The summed E-state index contributed by atoms with van der Waals surface area (Å²) < 4.78 is 2.43. The van der Waals surface area contributed by atoms with Gasteiger partial charge < -0.3 is 20.2 Å². The summed E-state index contributed by atoms with van der Waals surface area (Å²) in [6.07, 6.45) is 2.16. The molecule has 10 heteroatoms. The largest absolute Gasteiger partial charge is 0.358 e. The molecule has 0 saturated heterocycles. The van der Waals surface area contributed by atoms with Crippen molar-refractivity contribution in [2.75, 3.05) is 0 Å². The molecule has 0 fully saturated rings. The number of imidazole rings is 2. The molecule has 2 heterocycles. The molecule has 0 bridgehead atoms. The van der Waals surface area contributed by atoms with E-state index in [1.54, 1.807) is 0 Å². The maximum absolute atomic E-state index is 10.7. The van der Waals surface area contributed by atoms with Crippen molar-refractivity contribution in [1.29, 1.82) is 0 Å². The zero-order valence-corrected chi connectivity index (χ0v) is 9.47. The van der Waals surface area contributed by atoms with Crippen molar-refractivity contribution in [1.82, 2.24) is 19.1 Å². The van der Waals surface area contributed by atoms with Crippen LogP contribution in [-0.4, -0.2) is 28.9 Å². The van der Waals surface area contributed by atoms with E-state index in [4.69, 9.17) is 0 Å². The number of rotatable bonds is 3. The molecule has 0 N–H and O–H groups in total. The highest BCUT2D eigenvalue weighted by Crippen LogP contribution is 2.24. The Morgan fingerprint density at radius 2 is 1.28 bits per heavy atom. The highest BCUT2D eigenvalue weighted by Gasteiger charge is 2.27. The zero-order valence-electron chi connectivity index (χ0n) is 9.47.